The van der Waals surface area contributed by atoms with Gasteiger partial charge in [-0.2, -0.15) is 0 Å². The highest BCUT2D eigenvalue weighted by Crippen LogP contribution is 2.15. The minimum atomic E-state index is 0.405. The van der Waals surface area contributed by atoms with E-state index in [1.165, 1.54) is 12.0 Å². The molecule has 78 valence electrons. The van der Waals surface area contributed by atoms with Crippen molar-refractivity contribution in [2.45, 2.75) is 52.5 Å². The first-order chi connectivity index (χ1) is 6.13. The predicted molar refractivity (Wildman–Crippen MR) is 59.2 cm³/mol. The predicted octanol–water partition coefficient (Wildman–Crippen LogP) is 2.61. The first-order valence-corrected chi connectivity index (χ1v) is 5.26. The molecule has 0 bridgehead atoms. The molecule has 0 aromatic rings. The molecule has 0 heterocycles. The van der Waals surface area contributed by atoms with Gasteiger partial charge in [-0.15, -0.1) is 0 Å². The molecule has 0 saturated heterocycles. The van der Waals surface area contributed by atoms with Crippen LogP contribution in [0, 0.1) is 5.92 Å². The third-order valence-electron chi connectivity index (χ3n) is 2.65. The number of hydrogen-bond donors (Lipinski definition) is 2. The topological polar surface area (TPSA) is 38.0 Å². The van der Waals surface area contributed by atoms with Gasteiger partial charge in [-0.25, -0.2) is 0 Å². The first-order valence-electron chi connectivity index (χ1n) is 5.26. The van der Waals surface area contributed by atoms with Crippen LogP contribution in [0.4, 0.5) is 0 Å². The molecule has 0 rings (SSSR count). The highest BCUT2D eigenvalue weighted by molar-refractivity contribution is 4.96. The van der Waals surface area contributed by atoms with Crippen LogP contribution < -0.4 is 11.3 Å². The van der Waals surface area contributed by atoms with E-state index in [0.717, 1.165) is 25.2 Å². The van der Waals surface area contributed by atoms with E-state index in [-0.39, 0.29) is 0 Å². The molecule has 2 nitrogen and oxygen atoms in total. The fourth-order valence-electron chi connectivity index (χ4n) is 1.36. The molecule has 2 heteroatoms. The summed E-state index contributed by atoms with van der Waals surface area (Å²) in [6.07, 6.45) is 4.43. The third kappa shape index (κ3) is 5.83. The highest BCUT2D eigenvalue weighted by atomic mass is 15.2. The Balaban J connectivity index is 3.81. The Morgan fingerprint density at radius 1 is 1.46 bits per heavy atom. The molecule has 0 saturated carbocycles. The lowest BCUT2D eigenvalue weighted by atomic mass is 9.95. The normalized spacial score (nSPS) is 15.4. The molecule has 2 unspecified atom stereocenters. The van der Waals surface area contributed by atoms with Crippen molar-refractivity contribution in [3.05, 3.63) is 12.2 Å². The molecule has 0 aromatic heterocycles. The molecular formula is C11H24N2. The van der Waals surface area contributed by atoms with E-state index in [2.05, 4.69) is 32.8 Å². The molecular weight excluding hydrogens is 160 g/mol. The smallest absolute Gasteiger partial charge is 0.0250 e. The first kappa shape index (κ1) is 12.7. The number of hydrogen-bond acceptors (Lipinski definition) is 2. The van der Waals surface area contributed by atoms with Crippen molar-refractivity contribution in [2.75, 3.05) is 0 Å². The molecule has 0 radical (unpaired) electrons. The lowest BCUT2D eigenvalue weighted by molar-refractivity contribution is 0.394. The van der Waals surface area contributed by atoms with Gasteiger partial charge in [0.1, 0.15) is 0 Å². The van der Waals surface area contributed by atoms with E-state index in [0.29, 0.717) is 6.04 Å². The summed E-state index contributed by atoms with van der Waals surface area (Å²) < 4.78 is 0. The van der Waals surface area contributed by atoms with Crippen LogP contribution in [-0.4, -0.2) is 6.04 Å². The van der Waals surface area contributed by atoms with E-state index in [1.54, 1.807) is 0 Å². The Bertz CT molecular complexity index is 143. The van der Waals surface area contributed by atoms with Gasteiger partial charge >= 0.3 is 0 Å². The quantitative estimate of drug-likeness (QED) is 0.362. The Morgan fingerprint density at radius 3 is 2.46 bits per heavy atom. The SMILES string of the molecule is C=C(CC)CC(CC(C)CC)NN. The summed E-state index contributed by atoms with van der Waals surface area (Å²) in [5.41, 5.74) is 4.16. The summed E-state index contributed by atoms with van der Waals surface area (Å²) in [5.74, 6) is 6.23. The maximum Gasteiger partial charge on any atom is 0.0250 e. The minimum absolute atomic E-state index is 0.405. The zero-order valence-corrected chi connectivity index (χ0v) is 9.27. The number of hydrazine groups is 1. The van der Waals surface area contributed by atoms with Crippen molar-refractivity contribution < 1.29 is 0 Å². The van der Waals surface area contributed by atoms with Crippen LogP contribution in [0.25, 0.3) is 0 Å². The van der Waals surface area contributed by atoms with Gasteiger partial charge in [-0.3, -0.25) is 11.3 Å². The van der Waals surface area contributed by atoms with Crippen molar-refractivity contribution >= 4 is 0 Å². The monoisotopic (exact) mass is 184 g/mol. The lowest BCUT2D eigenvalue weighted by Crippen LogP contribution is -2.36. The molecule has 0 fully saturated rings. The molecule has 0 aliphatic rings. The lowest BCUT2D eigenvalue weighted by Gasteiger charge is -2.19. The number of nitrogens with two attached hydrogens (primary N) is 1. The standard InChI is InChI=1S/C11H24N2/c1-5-9(3)7-11(13-12)8-10(4)6-2/h10-11,13H,3,5-8,12H2,1-2,4H3. The maximum atomic E-state index is 5.49. The molecule has 0 aliphatic heterocycles. The van der Waals surface area contributed by atoms with Gasteiger partial charge in [-0.05, 0) is 25.2 Å². The van der Waals surface area contributed by atoms with E-state index in [4.69, 9.17) is 5.84 Å². The number of nitrogens with one attached hydrogen (secondary N) is 1. The van der Waals surface area contributed by atoms with Crippen LogP contribution in [0.1, 0.15) is 46.5 Å². The summed E-state index contributed by atoms with van der Waals surface area (Å²) >= 11 is 0. The Hall–Kier alpha value is -0.340. The summed E-state index contributed by atoms with van der Waals surface area (Å²) in [4.78, 5) is 0. The maximum absolute atomic E-state index is 5.49. The van der Waals surface area contributed by atoms with Gasteiger partial charge in [-0.1, -0.05) is 39.3 Å². The average Bonchev–Trinajstić information content (AvgIpc) is 2.16. The van der Waals surface area contributed by atoms with Gasteiger partial charge in [0.2, 0.25) is 0 Å². The Kier molecular flexibility index (Phi) is 6.92. The zero-order valence-electron chi connectivity index (χ0n) is 9.27. The summed E-state index contributed by atoms with van der Waals surface area (Å²) in [6, 6.07) is 0.405. The van der Waals surface area contributed by atoms with E-state index >= 15 is 0 Å². The largest absolute Gasteiger partial charge is 0.271 e. The second-order valence-corrected chi connectivity index (χ2v) is 3.92. The summed E-state index contributed by atoms with van der Waals surface area (Å²) in [6.45, 7) is 10.6. The van der Waals surface area contributed by atoms with Gasteiger partial charge in [0.15, 0.2) is 0 Å². The molecule has 0 aromatic carbocycles. The van der Waals surface area contributed by atoms with Crippen molar-refractivity contribution in [1.82, 2.24) is 5.43 Å². The summed E-state index contributed by atoms with van der Waals surface area (Å²) in [7, 11) is 0. The molecule has 0 aliphatic carbocycles. The third-order valence-corrected chi connectivity index (χ3v) is 2.65. The van der Waals surface area contributed by atoms with E-state index in [9.17, 15) is 0 Å². The highest BCUT2D eigenvalue weighted by Gasteiger charge is 2.10. The summed E-state index contributed by atoms with van der Waals surface area (Å²) in [5, 5.41) is 0. The Morgan fingerprint density at radius 2 is 2.08 bits per heavy atom. The van der Waals surface area contributed by atoms with Gasteiger partial charge in [0.05, 0.1) is 0 Å². The molecule has 0 amide bonds. The molecule has 3 N–H and O–H groups in total. The average molecular weight is 184 g/mol. The second-order valence-electron chi connectivity index (χ2n) is 3.92. The van der Waals surface area contributed by atoms with E-state index in [1.807, 2.05) is 0 Å². The van der Waals surface area contributed by atoms with E-state index < -0.39 is 0 Å². The van der Waals surface area contributed by atoms with Crippen LogP contribution in [0.15, 0.2) is 12.2 Å². The van der Waals surface area contributed by atoms with Crippen LogP contribution >= 0.6 is 0 Å². The number of rotatable bonds is 7. The van der Waals surface area contributed by atoms with Gasteiger partial charge in [0.25, 0.3) is 0 Å². The molecule has 0 spiro atoms. The fraction of sp³-hybridized carbons (Fsp3) is 0.818. The van der Waals surface area contributed by atoms with Crippen molar-refractivity contribution in [3.8, 4) is 0 Å². The Labute approximate surface area is 82.6 Å². The van der Waals surface area contributed by atoms with Crippen molar-refractivity contribution in [1.29, 1.82) is 0 Å². The van der Waals surface area contributed by atoms with Gasteiger partial charge in [0, 0.05) is 6.04 Å². The van der Waals surface area contributed by atoms with Crippen LogP contribution in [0.3, 0.4) is 0 Å². The fourth-order valence-corrected chi connectivity index (χ4v) is 1.36. The van der Waals surface area contributed by atoms with Crippen molar-refractivity contribution in [2.24, 2.45) is 11.8 Å². The second kappa shape index (κ2) is 7.10. The zero-order chi connectivity index (χ0) is 10.3. The van der Waals surface area contributed by atoms with Crippen LogP contribution in [0.5, 0.6) is 0 Å². The molecule has 13 heavy (non-hydrogen) atoms. The molecule has 2 atom stereocenters. The van der Waals surface area contributed by atoms with Crippen LogP contribution in [0.2, 0.25) is 0 Å². The van der Waals surface area contributed by atoms with Crippen molar-refractivity contribution in [3.63, 3.8) is 0 Å². The van der Waals surface area contributed by atoms with Gasteiger partial charge < -0.3 is 0 Å². The van der Waals surface area contributed by atoms with Crippen LogP contribution in [-0.2, 0) is 0 Å². The minimum Gasteiger partial charge on any atom is -0.271 e.